The molecule has 0 amide bonds. The summed E-state index contributed by atoms with van der Waals surface area (Å²) >= 11 is 3.44. The van der Waals surface area contributed by atoms with Gasteiger partial charge in [-0.1, -0.05) is 22.0 Å². The Balaban J connectivity index is 1.71. The SMILES string of the molecule is N#Cc1cnc(Nc2cccc(Br)c2)nc1NCC1CCNCC1. The van der Waals surface area contributed by atoms with E-state index in [1.165, 1.54) is 0 Å². The lowest BCUT2D eigenvalue weighted by molar-refractivity contribution is 0.389. The lowest BCUT2D eigenvalue weighted by Crippen LogP contribution is -2.31. The molecule has 1 saturated heterocycles. The van der Waals surface area contributed by atoms with Gasteiger partial charge in [-0.2, -0.15) is 10.2 Å². The zero-order valence-electron chi connectivity index (χ0n) is 13.2. The molecule has 0 aliphatic carbocycles. The first kappa shape index (κ1) is 16.7. The number of benzene rings is 1. The second-order valence-electron chi connectivity index (χ2n) is 5.78. The molecule has 0 unspecified atom stereocenters. The van der Waals surface area contributed by atoms with Crippen molar-refractivity contribution in [2.45, 2.75) is 12.8 Å². The molecule has 0 spiro atoms. The van der Waals surface area contributed by atoms with Crippen molar-refractivity contribution in [2.75, 3.05) is 30.3 Å². The van der Waals surface area contributed by atoms with Crippen LogP contribution in [0.25, 0.3) is 0 Å². The molecule has 2 aromatic rings. The maximum Gasteiger partial charge on any atom is 0.229 e. The first-order chi connectivity index (χ1) is 11.7. The lowest BCUT2D eigenvalue weighted by atomic mass is 9.98. The van der Waals surface area contributed by atoms with Gasteiger partial charge in [0, 0.05) is 16.7 Å². The molecular formula is C17H19BrN6. The average Bonchev–Trinajstić information content (AvgIpc) is 2.61. The minimum atomic E-state index is 0.462. The first-order valence-corrected chi connectivity index (χ1v) is 8.78. The number of nitrogens with zero attached hydrogens (tertiary/aromatic N) is 3. The highest BCUT2D eigenvalue weighted by Crippen LogP contribution is 2.21. The van der Waals surface area contributed by atoms with Crippen molar-refractivity contribution < 1.29 is 0 Å². The predicted octanol–water partition coefficient (Wildman–Crippen LogP) is 3.27. The Hall–Kier alpha value is -2.17. The number of piperidine rings is 1. The van der Waals surface area contributed by atoms with Gasteiger partial charge in [0.2, 0.25) is 5.95 Å². The Morgan fingerprint density at radius 2 is 2.17 bits per heavy atom. The van der Waals surface area contributed by atoms with Gasteiger partial charge in [-0.15, -0.1) is 0 Å². The standard InChI is InChI=1S/C17H19BrN6/c18-14-2-1-3-15(8-14)23-17-22-11-13(9-19)16(24-17)21-10-12-4-6-20-7-5-12/h1-3,8,11-12,20H,4-7,10H2,(H2,21,22,23,24). The number of aromatic nitrogens is 2. The third-order valence-electron chi connectivity index (χ3n) is 4.01. The Kier molecular flexibility index (Phi) is 5.62. The monoisotopic (exact) mass is 386 g/mol. The molecule has 3 rings (SSSR count). The summed E-state index contributed by atoms with van der Waals surface area (Å²) in [6.07, 6.45) is 3.84. The molecule has 3 N–H and O–H groups in total. The van der Waals surface area contributed by atoms with Crippen LogP contribution < -0.4 is 16.0 Å². The van der Waals surface area contributed by atoms with Gasteiger partial charge in [0.05, 0.1) is 6.20 Å². The molecule has 0 atom stereocenters. The third-order valence-corrected chi connectivity index (χ3v) is 4.50. The molecule has 1 aromatic heterocycles. The summed E-state index contributed by atoms with van der Waals surface area (Å²) in [5.41, 5.74) is 1.35. The van der Waals surface area contributed by atoms with Crippen LogP contribution in [0.1, 0.15) is 18.4 Å². The van der Waals surface area contributed by atoms with Crippen molar-refractivity contribution >= 4 is 33.4 Å². The van der Waals surface area contributed by atoms with Gasteiger partial charge in [0.25, 0.3) is 0 Å². The highest BCUT2D eigenvalue weighted by molar-refractivity contribution is 9.10. The maximum absolute atomic E-state index is 9.27. The highest BCUT2D eigenvalue weighted by atomic mass is 79.9. The molecule has 1 fully saturated rings. The normalized spacial score (nSPS) is 14.8. The van der Waals surface area contributed by atoms with Crippen molar-refractivity contribution in [1.29, 1.82) is 5.26 Å². The molecule has 124 valence electrons. The van der Waals surface area contributed by atoms with Crippen LogP contribution in [-0.4, -0.2) is 29.6 Å². The molecular weight excluding hydrogens is 368 g/mol. The van der Waals surface area contributed by atoms with Crippen LogP contribution in [0.3, 0.4) is 0 Å². The number of nitriles is 1. The summed E-state index contributed by atoms with van der Waals surface area (Å²) in [5, 5.41) is 19.1. The topological polar surface area (TPSA) is 85.7 Å². The zero-order chi connectivity index (χ0) is 16.8. The summed E-state index contributed by atoms with van der Waals surface area (Å²) < 4.78 is 0.977. The van der Waals surface area contributed by atoms with Crippen LogP contribution in [0.15, 0.2) is 34.9 Å². The predicted molar refractivity (Wildman–Crippen MR) is 98.3 cm³/mol. The fourth-order valence-electron chi connectivity index (χ4n) is 2.68. The first-order valence-electron chi connectivity index (χ1n) is 7.99. The Morgan fingerprint density at radius 1 is 1.33 bits per heavy atom. The van der Waals surface area contributed by atoms with Gasteiger partial charge in [-0.25, -0.2) is 4.98 Å². The highest BCUT2D eigenvalue weighted by Gasteiger charge is 2.14. The van der Waals surface area contributed by atoms with Gasteiger partial charge in [-0.05, 0) is 50.0 Å². The van der Waals surface area contributed by atoms with Crippen molar-refractivity contribution in [2.24, 2.45) is 5.92 Å². The van der Waals surface area contributed by atoms with Gasteiger partial charge in [0.15, 0.2) is 0 Å². The number of anilines is 3. The molecule has 1 aromatic carbocycles. The van der Waals surface area contributed by atoms with E-state index in [-0.39, 0.29) is 0 Å². The largest absolute Gasteiger partial charge is 0.369 e. The van der Waals surface area contributed by atoms with Gasteiger partial charge in [-0.3, -0.25) is 0 Å². The Labute approximate surface area is 149 Å². The molecule has 7 heteroatoms. The van der Waals surface area contributed by atoms with Crippen LogP contribution in [0.5, 0.6) is 0 Å². The van der Waals surface area contributed by atoms with Crippen LogP contribution in [0.4, 0.5) is 17.5 Å². The molecule has 1 aliphatic rings. The van der Waals surface area contributed by atoms with E-state index in [9.17, 15) is 5.26 Å². The Morgan fingerprint density at radius 3 is 2.92 bits per heavy atom. The number of hydrogen-bond acceptors (Lipinski definition) is 6. The Bertz CT molecular complexity index is 736. The minimum absolute atomic E-state index is 0.462. The fraction of sp³-hybridized carbons (Fsp3) is 0.353. The number of halogens is 1. The second-order valence-corrected chi connectivity index (χ2v) is 6.69. The number of hydrogen-bond donors (Lipinski definition) is 3. The molecule has 0 bridgehead atoms. The molecule has 2 heterocycles. The van der Waals surface area contributed by atoms with E-state index in [0.717, 1.165) is 42.6 Å². The van der Waals surface area contributed by atoms with E-state index in [4.69, 9.17) is 0 Å². The summed E-state index contributed by atoms with van der Waals surface area (Å²) in [6, 6.07) is 9.93. The van der Waals surface area contributed by atoms with Crippen molar-refractivity contribution in [1.82, 2.24) is 15.3 Å². The van der Waals surface area contributed by atoms with Crippen molar-refractivity contribution in [3.63, 3.8) is 0 Å². The van der Waals surface area contributed by atoms with E-state index >= 15 is 0 Å². The van der Waals surface area contributed by atoms with Crippen LogP contribution >= 0.6 is 15.9 Å². The summed E-state index contributed by atoms with van der Waals surface area (Å²) in [6.45, 7) is 2.93. The fourth-order valence-corrected chi connectivity index (χ4v) is 3.08. The second kappa shape index (κ2) is 8.08. The van der Waals surface area contributed by atoms with E-state index in [1.807, 2.05) is 24.3 Å². The third kappa shape index (κ3) is 4.43. The summed E-state index contributed by atoms with van der Waals surface area (Å²) in [7, 11) is 0. The van der Waals surface area contributed by atoms with Crippen molar-refractivity contribution in [3.05, 3.63) is 40.5 Å². The minimum Gasteiger partial charge on any atom is -0.369 e. The molecule has 1 aliphatic heterocycles. The van der Waals surface area contributed by atoms with Gasteiger partial charge >= 0.3 is 0 Å². The van der Waals surface area contributed by atoms with E-state index in [1.54, 1.807) is 6.20 Å². The van der Waals surface area contributed by atoms with E-state index < -0.39 is 0 Å². The van der Waals surface area contributed by atoms with Crippen LogP contribution in [0, 0.1) is 17.2 Å². The summed E-state index contributed by atoms with van der Waals surface area (Å²) in [4.78, 5) is 8.69. The average molecular weight is 387 g/mol. The molecule has 0 radical (unpaired) electrons. The molecule has 6 nitrogen and oxygen atoms in total. The van der Waals surface area contributed by atoms with E-state index in [0.29, 0.717) is 23.2 Å². The van der Waals surface area contributed by atoms with Gasteiger partial charge < -0.3 is 16.0 Å². The van der Waals surface area contributed by atoms with Crippen LogP contribution in [-0.2, 0) is 0 Å². The zero-order valence-corrected chi connectivity index (χ0v) is 14.8. The van der Waals surface area contributed by atoms with E-state index in [2.05, 4.69) is 47.9 Å². The smallest absolute Gasteiger partial charge is 0.229 e. The number of rotatable bonds is 5. The van der Waals surface area contributed by atoms with Crippen LogP contribution in [0.2, 0.25) is 0 Å². The summed E-state index contributed by atoms with van der Waals surface area (Å²) in [5.74, 6) is 1.66. The molecule has 0 saturated carbocycles. The molecule has 24 heavy (non-hydrogen) atoms. The lowest BCUT2D eigenvalue weighted by Gasteiger charge is -2.23. The quantitative estimate of drug-likeness (QED) is 0.730. The van der Waals surface area contributed by atoms with Gasteiger partial charge in [0.1, 0.15) is 17.5 Å². The maximum atomic E-state index is 9.27. The number of nitrogens with one attached hydrogen (secondary N) is 3. The van der Waals surface area contributed by atoms with Crippen molar-refractivity contribution in [3.8, 4) is 6.07 Å².